The zero-order valence-electron chi connectivity index (χ0n) is 9.39. The van der Waals surface area contributed by atoms with Crippen LogP contribution in [0.15, 0.2) is 18.2 Å². The minimum atomic E-state index is -0.172. The first-order valence-electron chi connectivity index (χ1n) is 5.31. The first-order valence-corrected chi connectivity index (χ1v) is 6.07. The second-order valence-electron chi connectivity index (χ2n) is 4.66. The third kappa shape index (κ3) is 2.69. The first kappa shape index (κ1) is 12.2. The first-order chi connectivity index (χ1) is 7.48. The van der Waals surface area contributed by atoms with E-state index in [0.717, 1.165) is 18.7 Å². The van der Waals surface area contributed by atoms with Crippen molar-refractivity contribution in [2.75, 3.05) is 13.1 Å². The van der Waals surface area contributed by atoms with Crippen LogP contribution in [0.2, 0.25) is 10.0 Å². The molecule has 1 atom stereocenters. The van der Waals surface area contributed by atoms with Crippen molar-refractivity contribution in [1.82, 2.24) is 5.32 Å². The van der Waals surface area contributed by atoms with Gasteiger partial charge in [0.25, 0.3) is 0 Å². The maximum Gasteiger partial charge on any atom is 0.0972 e. The maximum absolute atomic E-state index is 6.16. The molecule has 1 aromatic rings. The van der Waals surface area contributed by atoms with Gasteiger partial charge in [0.2, 0.25) is 0 Å². The predicted octanol–water partition coefficient (Wildman–Crippen LogP) is 3.43. The van der Waals surface area contributed by atoms with E-state index < -0.39 is 0 Å². The molecule has 88 valence electrons. The third-order valence-corrected chi connectivity index (χ3v) is 3.23. The summed E-state index contributed by atoms with van der Waals surface area (Å²) in [5.41, 5.74) is 0.781. The Morgan fingerprint density at radius 3 is 2.81 bits per heavy atom. The molecule has 1 aromatic carbocycles. The molecule has 1 N–H and O–H groups in total. The molecular formula is C12H15Cl2NO. The molecule has 0 aromatic heterocycles. The van der Waals surface area contributed by atoms with E-state index in [-0.39, 0.29) is 11.7 Å². The summed E-state index contributed by atoms with van der Waals surface area (Å²) < 4.78 is 5.99. The second-order valence-corrected chi connectivity index (χ2v) is 5.51. The number of hydrogen-bond donors (Lipinski definition) is 1. The molecule has 2 rings (SSSR count). The fraction of sp³-hybridized carbons (Fsp3) is 0.500. The van der Waals surface area contributed by atoms with E-state index in [2.05, 4.69) is 19.2 Å². The topological polar surface area (TPSA) is 21.3 Å². The van der Waals surface area contributed by atoms with Crippen molar-refractivity contribution < 1.29 is 4.74 Å². The zero-order chi connectivity index (χ0) is 11.8. The number of rotatable bonds is 1. The maximum atomic E-state index is 6.16. The lowest BCUT2D eigenvalue weighted by molar-refractivity contribution is -0.0958. The molecule has 1 saturated heterocycles. The van der Waals surface area contributed by atoms with E-state index in [4.69, 9.17) is 27.9 Å². The monoisotopic (exact) mass is 259 g/mol. The summed E-state index contributed by atoms with van der Waals surface area (Å²) in [7, 11) is 0. The normalized spacial score (nSPS) is 24.4. The molecule has 0 saturated carbocycles. The Morgan fingerprint density at radius 1 is 1.38 bits per heavy atom. The van der Waals surface area contributed by atoms with E-state index in [1.54, 1.807) is 6.07 Å². The van der Waals surface area contributed by atoms with Gasteiger partial charge in [0.1, 0.15) is 0 Å². The lowest BCUT2D eigenvalue weighted by Gasteiger charge is -2.37. The molecule has 0 bridgehead atoms. The Bertz CT molecular complexity index is 393. The number of halogens is 2. The average Bonchev–Trinajstić information content (AvgIpc) is 2.20. The van der Waals surface area contributed by atoms with Gasteiger partial charge in [0, 0.05) is 28.7 Å². The van der Waals surface area contributed by atoms with Crippen molar-refractivity contribution >= 4 is 23.2 Å². The van der Waals surface area contributed by atoms with Gasteiger partial charge < -0.3 is 10.1 Å². The van der Waals surface area contributed by atoms with Gasteiger partial charge in [0.15, 0.2) is 0 Å². The van der Waals surface area contributed by atoms with Gasteiger partial charge in [0.05, 0.1) is 11.7 Å². The Hall–Kier alpha value is -0.280. The minimum Gasteiger partial charge on any atom is -0.365 e. The molecule has 1 heterocycles. The van der Waals surface area contributed by atoms with Crippen LogP contribution in [0.4, 0.5) is 0 Å². The molecule has 2 nitrogen and oxygen atoms in total. The van der Waals surface area contributed by atoms with Gasteiger partial charge in [-0.2, -0.15) is 0 Å². The Balaban J connectivity index is 2.26. The molecule has 0 amide bonds. The molecule has 1 aliphatic heterocycles. The summed E-state index contributed by atoms with van der Waals surface area (Å²) in [4.78, 5) is 0. The van der Waals surface area contributed by atoms with Crippen molar-refractivity contribution in [2.24, 2.45) is 0 Å². The highest BCUT2D eigenvalue weighted by Crippen LogP contribution is 2.32. The standard InChI is InChI=1S/C12H15Cl2NO/c1-12(2)7-15-6-11(16-12)9-5-8(13)3-4-10(9)14/h3-5,11,15H,6-7H2,1-2H3. The highest BCUT2D eigenvalue weighted by Gasteiger charge is 2.30. The van der Waals surface area contributed by atoms with Crippen molar-refractivity contribution in [2.45, 2.75) is 25.6 Å². The van der Waals surface area contributed by atoms with Gasteiger partial charge in [-0.1, -0.05) is 23.2 Å². The molecular weight excluding hydrogens is 245 g/mol. The largest absolute Gasteiger partial charge is 0.365 e. The summed E-state index contributed by atoms with van der Waals surface area (Å²) in [5, 5.41) is 4.73. The van der Waals surface area contributed by atoms with Crippen LogP contribution in [0.3, 0.4) is 0 Å². The molecule has 4 heteroatoms. The van der Waals surface area contributed by atoms with Gasteiger partial charge in [-0.25, -0.2) is 0 Å². The van der Waals surface area contributed by atoms with Crippen LogP contribution in [0.5, 0.6) is 0 Å². The summed E-state index contributed by atoms with van der Waals surface area (Å²) in [6.45, 7) is 5.74. The number of morpholine rings is 1. The van der Waals surface area contributed by atoms with Crippen LogP contribution in [-0.2, 0) is 4.74 Å². The SMILES string of the molecule is CC1(C)CNCC(c2cc(Cl)ccc2Cl)O1. The Labute approximate surface area is 106 Å². The van der Waals surface area contributed by atoms with Crippen LogP contribution in [-0.4, -0.2) is 18.7 Å². The van der Waals surface area contributed by atoms with Crippen LogP contribution < -0.4 is 5.32 Å². The molecule has 1 fully saturated rings. The zero-order valence-corrected chi connectivity index (χ0v) is 10.9. The summed E-state index contributed by atoms with van der Waals surface area (Å²) >= 11 is 12.1. The molecule has 1 aliphatic rings. The van der Waals surface area contributed by atoms with Crippen molar-refractivity contribution in [3.8, 4) is 0 Å². The van der Waals surface area contributed by atoms with Crippen molar-refractivity contribution in [3.63, 3.8) is 0 Å². The third-order valence-electron chi connectivity index (χ3n) is 2.65. The second kappa shape index (κ2) is 4.53. The fourth-order valence-electron chi connectivity index (χ4n) is 1.91. The van der Waals surface area contributed by atoms with E-state index in [9.17, 15) is 0 Å². The lowest BCUT2D eigenvalue weighted by Crippen LogP contribution is -2.46. The highest BCUT2D eigenvalue weighted by molar-refractivity contribution is 6.33. The number of benzene rings is 1. The van der Waals surface area contributed by atoms with Crippen LogP contribution in [0.1, 0.15) is 25.5 Å². The van der Waals surface area contributed by atoms with E-state index in [1.165, 1.54) is 0 Å². The predicted molar refractivity (Wildman–Crippen MR) is 67.2 cm³/mol. The van der Waals surface area contributed by atoms with Gasteiger partial charge in [-0.15, -0.1) is 0 Å². The Morgan fingerprint density at radius 2 is 2.12 bits per heavy atom. The molecule has 0 aliphatic carbocycles. The molecule has 1 unspecified atom stereocenters. The van der Waals surface area contributed by atoms with E-state index >= 15 is 0 Å². The van der Waals surface area contributed by atoms with Crippen molar-refractivity contribution in [1.29, 1.82) is 0 Å². The Kier molecular flexibility index (Phi) is 3.45. The lowest BCUT2D eigenvalue weighted by atomic mass is 10.0. The van der Waals surface area contributed by atoms with E-state index in [1.807, 2.05) is 12.1 Å². The van der Waals surface area contributed by atoms with Gasteiger partial charge in [-0.05, 0) is 32.0 Å². The highest BCUT2D eigenvalue weighted by atomic mass is 35.5. The fourth-order valence-corrected chi connectivity index (χ4v) is 2.33. The quantitative estimate of drug-likeness (QED) is 0.835. The van der Waals surface area contributed by atoms with E-state index in [0.29, 0.717) is 10.0 Å². The van der Waals surface area contributed by atoms with Crippen LogP contribution in [0, 0.1) is 0 Å². The smallest absolute Gasteiger partial charge is 0.0972 e. The summed E-state index contributed by atoms with van der Waals surface area (Å²) in [5.74, 6) is 0. The summed E-state index contributed by atoms with van der Waals surface area (Å²) in [6, 6.07) is 5.47. The summed E-state index contributed by atoms with van der Waals surface area (Å²) in [6.07, 6.45) is -0.0325. The molecule has 0 radical (unpaired) electrons. The molecule has 16 heavy (non-hydrogen) atoms. The molecule has 0 spiro atoms. The van der Waals surface area contributed by atoms with Crippen LogP contribution in [0.25, 0.3) is 0 Å². The minimum absolute atomic E-state index is 0.0325. The van der Waals surface area contributed by atoms with Crippen molar-refractivity contribution in [3.05, 3.63) is 33.8 Å². The number of ether oxygens (including phenoxy) is 1. The van der Waals surface area contributed by atoms with Gasteiger partial charge >= 0.3 is 0 Å². The number of hydrogen-bond acceptors (Lipinski definition) is 2. The number of nitrogens with one attached hydrogen (secondary N) is 1. The average molecular weight is 260 g/mol. The van der Waals surface area contributed by atoms with Gasteiger partial charge in [-0.3, -0.25) is 0 Å². The van der Waals surface area contributed by atoms with Crippen LogP contribution >= 0.6 is 23.2 Å².